The highest BCUT2D eigenvalue weighted by Crippen LogP contribution is 2.10. The van der Waals surface area contributed by atoms with E-state index in [1.807, 2.05) is 62.4 Å². The predicted molar refractivity (Wildman–Crippen MR) is 93.2 cm³/mol. The molecule has 0 aliphatic carbocycles. The average molecular weight is 284 g/mol. The maximum atomic E-state index is 4.03. The standard InChI is InChI=1S/C9H12N2.C7H8.C3H8/c1-8(2)10-11-9-6-4-3-5-7-9;1-7-5-3-2-4-6-7;1-3-2/h3-8H,1-2H3;2-6H,1H3;3H2,1-2H3. The average Bonchev–Trinajstić information content (AvgIpc) is 2.48. The number of aryl methyl sites for hydroxylation is 1. The maximum Gasteiger partial charge on any atom is 0.0852 e. The van der Waals surface area contributed by atoms with Gasteiger partial charge in [0.1, 0.15) is 0 Å². The molecule has 0 unspecified atom stereocenters. The van der Waals surface area contributed by atoms with Gasteiger partial charge in [-0.15, -0.1) is 0 Å². The Kier molecular flexibility index (Phi) is 11.8. The third kappa shape index (κ3) is 12.8. The van der Waals surface area contributed by atoms with E-state index in [4.69, 9.17) is 0 Å². The highest BCUT2D eigenvalue weighted by Gasteiger charge is 1.86. The first-order chi connectivity index (χ1) is 10.1. The van der Waals surface area contributed by atoms with Gasteiger partial charge in [-0.3, -0.25) is 0 Å². The van der Waals surface area contributed by atoms with Gasteiger partial charge in [0.2, 0.25) is 0 Å². The van der Waals surface area contributed by atoms with Crippen molar-refractivity contribution in [2.24, 2.45) is 10.2 Å². The van der Waals surface area contributed by atoms with Crippen LogP contribution < -0.4 is 0 Å². The quantitative estimate of drug-likeness (QED) is 0.556. The molecule has 0 radical (unpaired) electrons. The fourth-order valence-electron chi connectivity index (χ4n) is 1.21. The van der Waals surface area contributed by atoms with Gasteiger partial charge in [-0.05, 0) is 32.9 Å². The number of rotatable bonds is 2. The van der Waals surface area contributed by atoms with Gasteiger partial charge < -0.3 is 0 Å². The molecule has 2 nitrogen and oxygen atoms in total. The number of hydrogen-bond donors (Lipinski definition) is 0. The molecule has 0 aliphatic heterocycles. The highest BCUT2D eigenvalue weighted by atomic mass is 15.1. The van der Waals surface area contributed by atoms with Crippen LogP contribution in [-0.4, -0.2) is 6.04 Å². The number of hydrogen-bond acceptors (Lipinski definition) is 2. The van der Waals surface area contributed by atoms with Crippen molar-refractivity contribution in [3.63, 3.8) is 0 Å². The summed E-state index contributed by atoms with van der Waals surface area (Å²) in [6.07, 6.45) is 1.25. The highest BCUT2D eigenvalue weighted by molar-refractivity contribution is 5.34. The molecule has 0 spiro atoms. The fraction of sp³-hybridized carbons (Fsp3) is 0.368. The van der Waals surface area contributed by atoms with Gasteiger partial charge in [0, 0.05) is 0 Å². The third-order valence-electron chi connectivity index (χ3n) is 2.10. The summed E-state index contributed by atoms with van der Waals surface area (Å²) in [5.74, 6) is 0. The minimum Gasteiger partial charge on any atom is -0.186 e. The molecule has 2 aromatic carbocycles. The Labute approximate surface area is 130 Å². The van der Waals surface area contributed by atoms with Crippen molar-refractivity contribution in [1.29, 1.82) is 0 Å². The van der Waals surface area contributed by atoms with Gasteiger partial charge in [0.15, 0.2) is 0 Å². The summed E-state index contributed by atoms with van der Waals surface area (Å²) in [7, 11) is 0. The molecule has 0 fully saturated rings. The number of benzene rings is 2. The molecule has 0 N–H and O–H groups in total. The van der Waals surface area contributed by atoms with E-state index in [-0.39, 0.29) is 6.04 Å². The van der Waals surface area contributed by atoms with E-state index in [9.17, 15) is 0 Å². The van der Waals surface area contributed by atoms with E-state index in [1.165, 1.54) is 12.0 Å². The first-order valence-corrected chi connectivity index (χ1v) is 7.57. The second-order valence-corrected chi connectivity index (χ2v) is 5.01. The zero-order chi connectivity index (χ0) is 15.9. The van der Waals surface area contributed by atoms with Crippen LogP contribution in [0, 0.1) is 6.92 Å². The summed E-state index contributed by atoms with van der Waals surface area (Å²) >= 11 is 0. The molecule has 0 atom stereocenters. The minimum absolute atomic E-state index is 0.273. The topological polar surface area (TPSA) is 24.7 Å². The Bertz CT molecular complexity index is 461. The minimum atomic E-state index is 0.273. The van der Waals surface area contributed by atoms with Gasteiger partial charge in [-0.2, -0.15) is 10.2 Å². The monoisotopic (exact) mass is 284 g/mol. The normalized spacial score (nSPS) is 9.62. The summed E-state index contributed by atoms with van der Waals surface area (Å²) in [4.78, 5) is 0. The molecule has 0 amide bonds. The number of azo groups is 1. The van der Waals surface area contributed by atoms with E-state index in [2.05, 4.69) is 43.1 Å². The second kappa shape index (κ2) is 13.0. The lowest BCUT2D eigenvalue weighted by molar-refractivity contribution is 0.779. The Morgan fingerprint density at radius 3 is 1.57 bits per heavy atom. The second-order valence-electron chi connectivity index (χ2n) is 5.01. The van der Waals surface area contributed by atoms with Crippen molar-refractivity contribution in [1.82, 2.24) is 0 Å². The Morgan fingerprint density at radius 1 is 0.810 bits per heavy atom. The van der Waals surface area contributed by atoms with Gasteiger partial charge in [0.25, 0.3) is 0 Å². The van der Waals surface area contributed by atoms with Crippen LogP contribution >= 0.6 is 0 Å². The molecule has 2 heteroatoms. The van der Waals surface area contributed by atoms with Gasteiger partial charge in [0.05, 0.1) is 11.7 Å². The summed E-state index contributed by atoms with van der Waals surface area (Å²) in [6.45, 7) is 10.3. The zero-order valence-corrected chi connectivity index (χ0v) is 14.0. The molecule has 114 valence electrons. The Balaban J connectivity index is 0.000000342. The molecule has 0 saturated heterocycles. The summed E-state index contributed by atoms with van der Waals surface area (Å²) in [5.41, 5.74) is 2.24. The van der Waals surface area contributed by atoms with Crippen LogP contribution in [0.1, 0.15) is 39.7 Å². The summed E-state index contributed by atoms with van der Waals surface area (Å²) in [6, 6.07) is 20.3. The van der Waals surface area contributed by atoms with E-state index in [0.717, 1.165) is 5.69 Å². The van der Waals surface area contributed by atoms with Crippen LogP contribution in [0.4, 0.5) is 5.69 Å². The van der Waals surface area contributed by atoms with Gasteiger partial charge in [-0.1, -0.05) is 74.4 Å². The van der Waals surface area contributed by atoms with Crippen molar-refractivity contribution in [2.45, 2.75) is 47.1 Å². The van der Waals surface area contributed by atoms with Crippen LogP contribution in [0.5, 0.6) is 0 Å². The lowest BCUT2D eigenvalue weighted by atomic mass is 10.2. The predicted octanol–water partition coefficient (Wildman–Crippen LogP) is 6.59. The molecule has 0 saturated carbocycles. The maximum absolute atomic E-state index is 4.03. The number of nitrogens with zero attached hydrogens (tertiary/aromatic N) is 2. The van der Waals surface area contributed by atoms with Crippen LogP contribution in [0.25, 0.3) is 0 Å². The van der Waals surface area contributed by atoms with Gasteiger partial charge >= 0.3 is 0 Å². The third-order valence-corrected chi connectivity index (χ3v) is 2.10. The largest absolute Gasteiger partial charge is 0.186 e. The van der Waals surface area contributed by atoms with Crippen LogP contribution in [-0.2, 0) is 0 Å². The zero-order valence-electron chi connectivity index (χ0n) is 14.0. The molecule has 0 aliphatic rings. The SMILES string of the molecule is CC(C)N=Nc1ccccc1.CCC.Cc1ccccc1. The molecule has 21 heavy (non-hydrogen) atoms. The molecule has 2 rings (SSSR count). The van der Waals surface area contributed by atoms with Crippen LogP contribution in [0.2, 0.25) is 0 Å². The van der Waals surface area contributed by atoms with Crippen molar-refractivity contribution in [3.8, 4) is 0 Å². The lowest BCUT2D eigenvalue weighted by Crippen LogP contribution is -1.83. The lowest BCUT2D eigenvalue weighted by Gasteiger charge is -1.92. The fourth-order valence-corrected chi connectivity index (χ4v) is 1.21. The van der Waals surface area contributed by atoms with E-state index in [0.29, 0.717) is 0 Å². The molecule has 0 bridgehead atoms. The van der Waals surface area contributed by atoms with Crippen molar-refractivity contribution < 1.29 is 0 Å². The molecular formula is C19H28N2. The first kappa shape index (κ1) is 19.0. The van der Waals surface area contributed by atoms with Gasteiger partial charge in [-0.25, -0.2) is 0 Å². The van der Waals surface area contributed by atoms with Crippen molar-refractivity contribution >= 4 is 5.69 Å². The van der Waals surface area contributed by atoms with Crippen LogP contribution in [0.3, 0.4) is 0 Å². The Hall–Kier alpha value is -1.96. The van der Waals surface area contributed by atoms with Crippen molar-refractivity contribution in [2.75, 3.05) is 0 Å². The van der Waals surface area contributed by atoms with E-state index in [1.54, 1.807) is 0 Å². The summed E-state index contributed by atoms with van der Waals surface area (Å²) in [5, 5.41) is 8.05. The molecule has 2 aromatic rings. The summed E-state index contributed by atoms with van der Waals surface area (Å²) < 4.78 is 0. The first-order valence-electron chi connectivity index (χ1n) is 7.57. The molecule has 0 heterocycles. The molecule has 0 aromatic heterocycles. The van der Waals surface area contributed by atoms with Crippen molar-refractivity contribution in [3.05, 3.63) is 66.2 Å². The molecular weight excluding hydrogens is 256 g/mol. The Morgan fingerprint density at radius 2 is 1.24 bits per heavy atom. The van der Waals surface area contributed by atoms with E-state index >= 15 is 0 Å². The van der Waals surface area contributed by atoms with Crippen LogP contribution in [0.15, 0.2) is 70.9 Å². The van der Waals surface area contributed by atoms with E-state index < -0.39 is 0 Å². The smallest absolute Gasteiger partial charge is 0.0852 e.